The molecule has 0 aromatic heterocycles. The van der Waals surface area contributed by atoms with Crippen LogP contribution in [0.1, 0.15) is 232 Å². The predicted octanol–water partition coefficient (Wildman–Crippen LogP) is 13.5. The molecule has 334 valence electrons. The van der Waals surface area contributed by atoms with Crippen LogP contribution in [0.5, 0.6) is 0 Å². The van der Waals surface area contributed by atoms with E-state index < -0.39 is 20.0 Å². The number of quaternary nitrogens is 1. The normalized spacial score (nSPS) is 14.3. The lowest BCUT2D eigenvalue weighted by molar-refractivity contribution is -0.870. The first-order valence-electron chi connectivity index (χ1n) is 24.1. The second kappa shape index (κ2) is 39.7. The first kappa shape index (κ1) is 55.2. The van der Waals surface area contributed by atoms with E-state index >= 15 is 0 Å². The summed E-state index contributed by atoms with van der Waals surface area (Å²) in [7, 11) is 1.61. The van der Waals surface area contributed by atoms with Gasteiger partial charge in [-0.3, -0.25) is 13.8 Å². The van der Waals surface area contributed by atoms with Crippen LogP contribution in [0.15, 0.2) is 12.2 Å². The summed E-state index contributed by atoms with van der Waals surface area (Å²) in [5.74, 6) is -0.150. The van der Waals surface area contributed by atoms with Crippen LogP contribution in [0, 0.1) is 0 Å². The van der Waals surface area contributed by atoms with E-state index in [0.29, 0.717) is 23.9 Å². The molecule has 0 bridgehead atoms. The number of aliphatic hydroxyl groups excluding tert-OH is 1. The molecule has 0 rings (SSSR count). The molecule has 0 radical (unpaired) electrons. The molecule has 0 saturated carbocycles. The van der Waals surface area contributed by atoms with E-state index in [2.05, 4.69) is 31.3 Å². The van der Waals surface area contributed by atoms with Gasteiger partial charge in [0.2, 0.25) is 5.91 Å². The third kappa shape index (κ3) is 41.4. The molecule has 0 aromatic carbocycles. The maximum absolute atomic E-state index is 12.9. The van der Waals surface area contributed by atoms with Crippen molar-refractivity contribution in [2.45, 2.75) is 244 Å². The number of likely N-dealkylation sites (N-methyl/N-ethyl adjacent to an activating group) is 1. The van der Waals surface area contributed by atoms with E-state index in [9.17, 15) is 19.4 Å². The lowest BCUT2D eigenvalue weighted by atomic mass is 10.0. The van der Waals surface area contributed by atoms with Crippen LogP contribution in [-0.2, 0) is 18.4 Å². The number of amides is 1. The topological polar surface area (TPSA) is 105 Å². The number of aliphatic hydroxyl groups is 1. The molecule has 1 unspecified atom stereocenters. The molecule has 0 spiro atoms. The van der Waals surface area contributed by atoms with E-state index in [1.807, 2.05) is 21.1 Å². The van der Waals surface area contributed by atoms with Gasteiger partial charge in [-0.05, 0) is 38.5 Å². The number of nitrogens with one attached hydrogen (secondary N) is 1. The van der Waals surface area contributed by atoms with Gasteiger partial charge in [0.15, 0.2) is 0 Å². The number of unbranched alkanes of at least 4 members (excludes halogenated alkanes) is 29. The molecule has 56 heavy (non-hydrogen) atoms. The van der Waals surface area contributed by atoms with Gasteiger partial charge in [-0.2, -0.15) is 0 Å². The summed E-state index contributed by atoms with van der Waals surface area (Å²) in [5, 5.41) is 13.9. The lowest BCUT2D eigenvalue weighted by Gasteiger charge is -2.26. The molecule has 0 saturated heterocycles. The van der Waals surface area contributed by atoms with Crippen LogP contribution >= 0.6 is 7.82 Å². The number of phosphoric acid groups is 1. The number of hydrogen-bond acceptors (Lipinski definition) is 5. The molecule has 0 aromatic rings. The highest BCUT2D eigenvalue weighted by Gasteiger charge is 2.28. The standard InChI is InChI=1S/C47H95N2O6P/c1-6-8-10-12-14-16-18-20-21-22-23-24-25-26-27-29-31-33-35-37-39-41-47(51)48-45(44-55-56(52,53)54-43-42-49(3,4)5)46(50)40-38-36-34-32-30-28-19-17-15-13-11-9-7-2/h30,32,45-46,50H,6-29,31,33-44H2,1-5H3,(H-,48,51,52,53)/p+1/b32-30+/t45-,46+/m0/s1. The summed E-state index contributed by atoms with van der Waals surface area (Å²) in [6, 6.07) is -0.771. The molecule has 8 nitrogen and oxygen atoms in total. The first-order valence-corrected chi connectivity index (χ1v) is 25.5. The Kier molecular flexibility index (Phi) is 39.1. The van der Waals surface area contributed by atoms with Crippen LogP contribution in [0.4, 0.5) is 0 Å². The minimum atomic E-state index is -4.32. The number of carbonyl (C=O) groups is 1. The molecular weight excluding hydrogens is 719 g/mol. The number of allylic oxidation sites excluding steroid dienone is 2. The molecule has 0 aliphatic carbocycles. The Labute approximate surface area is 348 Å². The van der Waals surface area contributed by atoms with E-state index in [0.717, 1.165) is 44.9 Å². The zero-order valence-corrected chi connectivity index (χ0v) is 38.8. The molecule has 0 heterocycles. The highest BCUT2D eigenvalue weighted by Crippen LogP contribution is 2.43. The van der Waals surface area contributed by atoms with Gasteiger partial charge in [0.1, 0.15) is 13.2 Å². The fourth-order valence-corrected chi connectivity index (χ4v) is 7.89. The van der Waals surface area contributed by atoms with Crippen LogP contribution in [0.25, 0.3) is 0 Å². The third-order valence-electron chi connectivity index (χ3n) is 11.0. The second-order valence-corrected chi connectivity index (χ2v) is 19.3. The Morgan fingerprint density at radius 1 is 0.589 bits per heavy atom. The van der Waals surface area contributed by atoms with Crippen molar-refractivity contribution in [1.82, 2.24) is 5.32 Å². The van der Waals surface area contributed by atoms with Gasteiger partial charge in [-0.25, -0.2) is 4.57 Å². The fraction of sp³-hybridized carbons (Fsp3) is 0.936. The minimum Gasteiger partial charge on any atom is -0.391 e. The number of rotatable bonds is 44. The lowest BCUT2D eigenvalue weighted by Crippen LogP contribution is -2.46. The highest BCUT2D eigenvalue weighted by atomic mass is 31.2. The van der Waals surface area contributed by atoms with E-state index in [-0.39, 0.29) is 19.1 Å². The zero-order chi connectivity index (χ0) is 41.4. The van der Waals surface area contributed by atoms with Crippen LogP contribution in [0.3, 0.4) is 0 Å². The highest BCUT2D eigenvalue weighted by molar-refractivity contribution is 7.47. The fourth-order valence-electron chi connectivity index (χ4n) is 7.16. The Morgan fingerprint density at radius 2 is 0.964 bits per heavy atom. The Morgan fingerprint density at radius 3 is 1.38 bits per heavy atom. The quantitative estimate of drug-likeness (QED) is 0.0245. The maximum Gasteiger partial charge on any atom is 0.472 e. The Balaban J connectivity index is 4.24. The second-order valence-electron chi connectivity index (χ2n) is 17.8. The van der Waals surface area contributed by atoms with Crippen LogP contribution < -0.4 is 5.32 Å². The van der Waals surface area contributed by atoms with Gasteiger partial charge in [-0.1, -0.05) is 199 Å². The molecular formula is C47H96N2O6P+. The van der Waals surface area contributed by atoms with Crippen molar-refractivity contribution in [2.75, 3.05) is 40.9 Å². The monoisotopic (exact) mass is 816 g/mol. The van der Waals surface area contributed by atoms with E-state index in [1.165, 1.54) is 161 Å². The summed E-state index contributed by atoms with van der Waals surface area (Å²) in [6.45, 7) is 4.88. The maximum atomic E-state index is 12.9. The van der Waals surface area contributed by atoms with Crippen molar-refractivity contribution in [3.8, 4) is 0 Å². The Bertz CT molecular complexity index is 927. The van der Waals surface area contributed by atoms with E-state index in [1.54, 1.807) is 0 Å². The summed E-state index contributed by atoms with van der Waals surface area (Å²) < 4.78 is 23.6. The Hall–Kier alpha value is -0.760. The molecule has 1 amide bonds. The van der Waals surface area contributed by atoms with Gasteiger partial charge < -0.3 is 19.8 Å². The SMILES string of the molecule is CCCCCCCCC/C=C/CCCC[C@@H](O)[C@H](COP(=O)(O)OCC[N+](C)(C)C)NC(=O)CCCCCCCCCCCCCCCCCCCCCCC. The van der Waals surface area contributed by atoms with Crippen LogP contribution in [0.2, 0.25) is 0 Å². The average molecular weight is 816 g/mol. The smallest absolute Gasteiger partial charge is 0.391 e. The van der Waals surface area contributed by atoms with Gasteiger partial charge in [-0.15, -0.1) is 0 Å². The van der Waals surface area contributed by atoms with Crippen molar-refractivity contribution in [2.24, 2.45) is 0 Å². The van der Waals surface area contributed by atoms with Gasteiger partial charge in [0.25, 0.3) is 0 Å². The van der Waals surface area contributed by atoms with Crippen molar-refractivity contribution in [1.29, 1.82) is 0 Å². The minimum absolute atomic E-state index is 0.0722. The molecule has 9 heteroatoms. The molecule has 3 atom stereocenters. The van der Waals surface area contributed by atoms with Crippen molar-refractivity contribution >= 4 is 13.7 Å². The molecule has 0 aliphatic heterocycles. The summed E-state index contributed by atoms with van der Waals surface area (Å²) in [5.41, 5.74) is 0. The zero-order valence-electron chi connectivity index (χ0n) is 37.9. The average Bonchev–Trinajstić information content (AvgIpc) is 3.15. The summed E-state index contributed by atoms with van der Waals surface area (Å²) in [4.78, 5) is 23.2. The van der Waals surface area contributed by atoms with Gasteiger partial charge >= 0.3 is 7.82 Å². The van der Waals surface area contributed by atoms with Gasteiger partial charge in [0.05, 0.1) is 39.9 Å². The molecule has 3 N–H and O–H groups in total. The summed E-state index contributed by atoms with van der Waals surface area (Å²) >= 11 is 0. The predicted molar refractivity (Wildman–Crippen MR) is 240 cm³/mol. The number of phosphoric ester groups is 1. The number of nitrogens with zero attached hydrogens (tertiary/aromatic N) is 1. The molecule has 0 aliphatic rings. The first-order chi connectivity index (χ1) is 27.0. The summed E-state index contributed by atoms with van der Waals surface area (Å²) in [6.07, 6.45) is 45.3. The van der Waals surface area contributed by atoms with Crippen molar-refractivity contribution < 1.29 is 32.9 Å². The molecule has 0 fully saturated rings. The number of hydrogen-bond donors (Lipinski definition) is 3. The van der Waals surface area contributed by atoms with Crippen LogP contribution in [-0.4, -0.2) is 73.4 Å². The number of carbonyl (C=O) groups excluding carboxylic acids is 1. The largest absolute Gasteiger partial charge is 0.472 e. The van der Waals surface area contributed by atoms with E-state index in [4.69, 9.17) is 9.05 Å². The third-order valence-corrected chi connectivity index (χ3v) is 12.0. The van der Waals surface area contributed by atoms with Crippen molar-refractivity contribution in [3.05, 3.63) is 12.2 Å². The van der Waals surface area contributed by atoms with Crippen molar-refractivity contribution in [3.63, 3.8) is 0 Å². The van der Waals surface area contributed by atoms with Gasteiger partial charge in [0, 0.05) is 6.42 Å².